The molecule has 0 aliphatic heterocycles. The predicted molar refractivity (Wildman–Crippen MR) is 108 cm³/mol. The van der Waals surface area contributed by atoms with Gasteiger partial charge in [-0.25, -0.2) is 0 Å². The number of amides is 1. The third kappa shape index (κ3) is 5.15. The van der Waals surface area contributed by atoms with E-state index in [1.54, 1.807) is 0 Å². The van der Waals surface area contributed by atoms with E-state index in [0.29, 0.717) is 12.5 Å². The highest BCUT2D eigenvalue weighted by Crippen LogP contribution is 2.17. The van der Waals surface area contributed by atoms with E-state index in [4.69, 9.17) is 5.73 Å². The Balaban J connectivity index is 0.00000261. The van der Waals surface area contributed by atoms with E-state index in [9.17, 15) is 4.79 Å². The van der Waals surface area contributed by atoms with E-state index >= 15 is 0 Å². The lowest BCUT2D eigenvalue weighted by Gasteiger charge is -2.14. The minimum atomic E-state index is -0.290. The van der Waals surface area contributed by atoms with E-state index < -0.39 is 0 Å². The van der Waals surface area contributed by atoms with Gasteiger partial charge in [0.2, 0.25) is 0 Å². The molecule has 3 N–H and O–H groups in total. The third-order valence-corrected chi connectivity index (χ3v) is 4.23. The summed E-state index contributed by atoms with van der Waals surface area (Å²) in [4.78, 5) is 13.7. The average Bonchev–Trinajstić information content (AvgIpc) is 3.17. The molecule has 0 radical (unpaired) electrons. The van der Waals surface area contributed by atoms with Crippen molar-refractivity contribution in [3.05, 3.63) is 77.6 Å². The van der Waals surface area contributed by atoms with E-state index in [1.807, 2.05) is 42.5 Å². The first-order valence-corrected chi connectivity index (χ1v) is 8.66. The summed E-state index contributed by atoms with van der Waals surface area (Å²) >= 11 is 0. The van der Waals surface area contributed by atoms with Crippen LogP contribution in [-0.4, -0.2) is 27.4 Å². The predicted octanol–water partition coefficient (Wildman–Crippen LogP) is 3.24. The molecule has 1 unspecified atom stereocenters. The van der Waals surface area contributed by atoms with Crippen LogP contribution in [0.5, 0.6) is 0 Å². The van der Waals surface area contributed by atoms with Crippen molar-refractivity contribution in [3.8, 4) is 5.69 Å². The first-order chi connectivity index (χ1) is 12.5. The molecule has 6 nitrogen and oxygen atoms in total. The zero-order chi connectivity index (χ0) is 18.5. The Labute approximate surface area is 165 Å². The van der Waals surface area contributed by atoms with Gasteiger partial charge >= 0.3 is 0 Å². The molecule has 0 bridgehead atoms. The summed E-state index contributed by atoms with van der Waals surface area (Å²) in [6.45, 7) is 4.63. The van der Waals surface area contributed by atoms with Crippen LogP contribution in [0.2, 0.25) is 0 Å². The molecule has 0 fully saturated rings. The Kier molecular flexibility index (Phi) is 7.10. The number of hydrogen-bond acceptors (Lipinski definition) is 4. The molecule has 1 aromatic heterocycles. The lowest BCUT2D eigenvalue weighted by Crippen LogP contribution is -2.32. The molecule has 3 rings (SSSR count). The number of carbonyl (C=O) groups is 1. The van der Waals surface area contributed by atoms with Gasteiger partial charge in [0.05, 0.1) is 11.9 Å². The number of carbonyl (C=O) groups excluding carboxylic acids is 1. The first-order valence-electron chi connectivity index (χ1n) is 8.66. The summed E-state index contributed by atoms with van der Waals surface area (Å²) < 4.78 is 0. The van der Waals surface area contributed by atoms with Crippen LogP contribution in [0.3, 0.4) is 0 Å². The van der Waals surface area contributed by atoms with Crippen LogP contribution in [0.1, 0.15) is 47.4 Å². The number of aromatic nitrogens is 3. The molecule has 2 aromatic carbocycles. The van der Waals surface area contributed by atoms with Crippen LogP contribution in [-0.2, 0) is 0 Å². The molecule has 0 spiro atoms. The van der Waals surface area contributed by atoms with Gasteiger partial charge in [0.25, 0.3) is 5.91 Å². The number of halogens is 1. The normalized spacial score (nSPS) is 11.7. The smallest absolute Gasteiger partial charge is 0.273 e. The maximum Gasteiger partial charge on any atom is 0.273 e. The lowest BCUT2D eigenvalue weighted by molar-refractivity contribution is 0.0946. The van der Waals surface area contributed by atoms with Gasteiger partial charge in [-0.1, -0.05) is 56.3 Å². The van der Waals surface area contributed by atoms with Crippen LogP contribution in [0.15, 0.2) is 60.8 Å². The van der Waals surface area contributed by atoms with Crippen molar-refractivity contribution in [2.45, 2.75) is 25.8 Å². The van der Waals surface area contributed by atoms with Crippen LogP contribution in [0.4, 0.5) is 0 Å². The number of nitrogens with zero attached hydrogens (tertiary/aromatic N) is 3. The SMILES string of the molecule is CC(C)c1ccc(C(N)CNC(=O)c2cnn(-c3ccccc3)n2)cc1.Cl. The molecule has 1 amide bonds. The summed E-state index contributed by atoms with van der Waals surface area (Å²) in [6.07, 6.45) is 1.45. The van der Waals surface area contributed by atoms with E-state index in [1.165, 1.54) is 16.6 Å². The van der Waals surface area contributed by atoms with Gasteiger partial charge < -0.3 is 11.1 Å². The third-order valence-electron chi connectivity index (χ3n) is 4.23. The van der Waals surface area contributed by atoms with Crippen molar-refractivity contribution < 1.29 is 4.79 Å². The van der Waals surface area contributed by atoms with E-state index in [0.717, 1.165) is 11.3 Å². The fraction of sp³-hybridized carbons (Fsp3) is 0.250. The van der Waals surface area contributed by atoms with Gasteiger partial charge in [-0.05, 0) is 29.2 Å². The molecule has 3 aromatic rings. The fourth-order valence-corrected chi connectivity index (χ4v) is 2.59. The number of benzene rings is 2. The number of nitrogens with one attached hydrogen (secondary N) is 1. The van der Waals surface area contributed by atoms with Gasteiger partial charge in [0, 0.05) is 12.6 Å². The van der Waals surface area contributed by atoms with Gasteiger partial charge in [-0.3, -0.25) is 4.79 Å². The second kappa shape index (κ2) is 9.30. The van der Waals surface area contributed by atoms with Gasteiger partial charge in [0.15, 0.2) is 5.69 Å². The quantitative estimate of drug-likeness (QED) is 0.682. The molecule has 0 aliphatic rings. The molecule has 27 heavy (non-hydrogen) atoms. The zero-order valence-corrected chi connectivity index (χ0v) is 16.2. The van der Waals surface area contributed by atoms with Crippen LogP contribution in [0.25, 0.3) is 5.69 Å². The highest BCUT2D eigenvalue weighted by atomic mass is 35.5. The highest BCUT2D eigenvalue weighted by Gasteiger charge is 2.14. The average molecular weight is 386 g/mol. The van der Waals surface area contributed by atoms with E-state index in [-0.39, 0.29) is 30.0 Å². The molecule has 1 heterocycles. The van der Waals surface area contributed by atoms with Crippen molar-refractivity contribution in [1.29, 1.82) is 0 Å². The maximum absolute atomic E-state index is 12.3. The Hall–Kier alpha value is -2.70. The Morgan fingerprint density at radius 3 is 2.33 bits per heavy atom. The van der Waals surface area contributed by atoms with Crippen molar-refractivity contribution in [3.63, 3.8) is 0 Å². The molecular weight excluding hydrogens is 362 g/mol. The van der Waals surface area contributed by atoms with Crippen molar-refractivity contribution >= 4 is 18.3 Å². The topological polar surface area (TPSA) is 85.8 Å². The minimum absolute atomic E-state index is 0. The summed E-state index contributed by atoms with van der Waals surface area (Å²) in [5.41, 5.74) is 9.50. The van der Waals surface area contributed by atoms with Crippen LogP contribution in [0, 0.1) is 0 Å². The van der Waals surface area contributed by atoms with Crippen LogP contribution >= 0.6 is 12.4 Å². The standard InChI is InChI=1S/C20H23N5O.ClH/c1-14(2)15-8-10-16(11-9-15)18(21)12-22-20(26)19-13-23-25(24-19)17-6-4-3-5-7-17;/h3-11,13-14,18H,12,21H2,1-2H3,(H,22,26);1H. The molecule has 142 valence electrons. The Morgan fingerprint density at radius 1 is 1.07 bits per heavy atom. The summed E-state index contributed by atoms with van der Waals surface area (Å²) in [7, 11) is 0. The number of nitrogens with two attached hydrogens (primary N) is 1. The fourth-order valence-electron chi connectivity index (χ4n) is 2.59. The number of rotatable bonds is 6. The molecule has 0 aliphatic carbocycles. The number of para-hydroxylation sites is 1. The molecule has 0 saturated carbocycles. The monoisotopic (exact) mass is 385 g/mol. The highest BCUT2D eigenvalue weighted by molar-refractivity contribution is 5.91. The molecule has 0 saturated heterocycles. The largest absolute Gasteiger partial charge is 0.349 e. The van der Waals surface area contributed by atoms with Crippen molar-refractivity contribution in [2.75, 3.05) is 6.54 Å². The second-order valence-electron chi connectivity index (χ2n) is 6.49. The Morgan fingerprint density at radius 2 is 1.70 bits per heavy atom. The molecule has 7 heteroatoms. The van der Waals surface area contributed by atoms with Gasteiger partial charge in [-0.2, -0.15) is 9.90 Å². The van der Waals surface area contributed by atoms with Crippen molar-refractivity contribution in [1.82, 2.24) is 20.3 Å². The van der Waals surface area contributed by atoms with Gasteiger partial charge in [-0.15, -0.1) is 17.5 Å². The van der Waals surface area contributed by atoms with Crippen LogP contribution < -0.4 is 11.1 Å². The van der Waals surface area contributed by atoms with E-state index in [2.05, 4.69) is 41.5 Å². The summed E-state index contributed by atoms with van der Waals surface area (Å²) in [5.74, 6) is 0.189. The summed E-state index contributed by atoms with van der Waals surface area (Å²) in [6, 6.07) is 17.3. The summed E-state index contributed by atoms with van der Waals surface area (Å²) in [5, 5.41) is 11.2. The second-order valence-corrected chi connectivity index (χ2v) is 6.49. The zero-order valence-electron chi connectivity index (χ0n) is 15.4. The van der Waals surface area contributed by atoms with Crippen molar-refractivity contribution in [2.24, 2.45) is 5.73 Å². The first kappa shape index (κ1) is 20.6. The van der Waals surface area contributed by atoms with Gasteiger partial charge in [0.1, 0.15) is 0 Å². The molecule has 1 atom stereocenters. The number of hydrogen-bond donors (Lipinski definition) is 2. The lowest BCUT2D eigenvalue weighted by atomic mass is 9.99. The Bertz CT molecular complexity index is 862. The minimum Gasteiger partial charge on any atom is -0.349 e. The molecular formula is C20H24ClN5O. The maximum atomic E-state index is 12.3.